The van der Waals surface area contributed by atoms with E-state index in [0.717, 1.165) is 55.0 Å². The molecular weight excluding hydrogens is 583 g/mol. The standard InChI is InChI=1S/C33H34F3N7O2/c1-20-5-6-24(17-28(20)42-31-27(4-3-11-37-31)29-18-30(39-19-38-29)40-23-7-8-23)41-32(44)21-14-22(33(34,35)36)16-26(15-21)45-25-9-12-43(2)13-10-25/h3-6,11,14-19,23,25H,7-10,12-13H2,1-2H3,(H,37,42)(H,41,44)(H,38,39,40). The van der Waals surface area contributed by atoms with Crippen molar-refractivity contribution in [1.82, 2.24) is 19.9 Å². The van der Waals surface area contributed by atoms with Crippen molar-refractivity contribution in [2.45, 2.75) is 50.9 Å². The van der Waals surface area contributed by atoms with Crippen LogP contribution in [0.3, 0.4) is 0 Å². The lowest BCUT2D eigenvalue weighted by Gasteiger charge is -2.29. The van der Waals surface area contributed by atoms with E-state index in [1.54, 1.807) is 18.3 Å². The number of hydrogen-bond acceptors (Lipinski definition) is 8. The summed E-state index contributed by atoms with van der Waals surface area (Å²) in [6.45, 7) is 3.48. The van der Waals surface area contributed by atoms with Crippen LogP contribution in [-0.4, -0.2) is 58.0 Å². The summed E-state index contributed by atoms with van der Waals surface area (Å²) in [6.07, 6.45) is 1.94. The van der Waals surface area contributed by atoms with E-state index in [1.807, 2.05) is 38.2 Å². The number of carbonyl (C=O) groups is 1. The molecule has 45 heavy (non-hydrogen) atoms. The zero-order valence-electron chi connectivity index (χ0n) is 25.0. The van der Waals surface area contributed by atoms with Crippen molar-refractivity contribution in [2.24, 2.45) is 0 Å². The van der Waals surface area contributed by atoms with E-state index in [2.05, 4.69) is 35.8 Å². The molecule has 1 saturated carbocycles. The van der Waals surface area contributed by atoms with Crippen LogP contribution in [-0.2, 0) is 6.18 Å². The second-order valence-electron chi connectivity index (χ2n) is 11.6. The highest BCUT2D eigenvalue weighted by Crippen LogP contribution is 2.35. The summed E-state index contributed by atoms with van der Waals surface area (Å²) < 4.78 is 47.3. The first-order valence-electron chi connectivity index (χ1n) is 14.9. The van der Waals surface area contributed by atoms with Gasteiger partial charge in [-0.05, 0) is 87.7 Å². The number of nitrogens with zero attached hydrogens (tertiary/aromatic N) is 4. The zero-order valence-corrected chi connectivity index (χ0v) is 25.0. The molecule has 1 aliphatic heterocycles. The number of aryl methyl sites for hydroxylation is 1. The minimum atomic E-state index is -4.64. The number of ether oxygens (including phenoxy) is 1. The first-order chi connectivity index (χ1) is 21.6. The van der Waals surface area contributed by atoms with Crippen LogP contribution in [0, 0.1) is 6.92 Å². The largest absolute Gasteiger partial charge is 0.490 e. The van der Waals surface area contributed by atoms with Crippen LogP contribution < -0.4 is 20.7 Å². The highest BCUT2D eigenvalue weighted by atomic mass is 19.4. The van der Waals surface area contributed by atoms with Crippen LogP contribution in [0.25, 0.3) is 11.3 Å². The Morgan fingerprint density at radius 1 is 0.978 bits per heavy atom. The number of anilines is 4. The average Bonchev–Trinajstić information content (AvgIpc) is 3.84. The zero-order chi connectivity index (χ0) is 31.6. The Bertz CT molecular complexity index is 1690. The van der Waals surface area contributed by atoms with Crippen molar-refractivity contribution < 1.29 is 22.7 Å². The molecule has 2 aromatic heterocycles. The van der Waals surface area contributed by atoms with E-state index in [0.29, 0.717) is 41.8 Å². The van der Waals surface area contributed by atoms with Gasteiger partial charge >= 0.3 is 6.18 Å². The Morgan fingerprint density at radius 2 is 1.78 bits per heavy atom. The quantitative estimate of drug-likeness (QED) is 0.186. The number of alkyl halides is 3. The topological polar surface area (TPSA) is 104 Å². The molecule has 12 heteroatoms. The van der Waals surface area contributed by atoms with E-state index in [1.165, 1.54) is 12.4 Å². The number of hydrogen-bond donors (Lipinski definition) is 3. The molecule has 2 aliphatic rings. The van der Waals surface area contributed by atoms with E-state index < -0.39 is 17.6 Å². The monoisotopic (exact) mass is 617 g/mol. The summed E-state index contributed by atoms with van der Waals surface area (Å²) in [5.41, 5.74) is 2.30. The number of carbonyl (C=O) groups excluding carboxylic acids is 1. The van der Waals surface area contributed by atoms with E-state index in [4.69, 9.17) is 4.74 Å². The van der Waals surface area contributed by atoms with Gasteiger partial charge in [0.2, 0.25) is 0 Å². The van der Waals surface area contributed by atoms with Crippen molar-refractivity contribution >= 4 is 28.9 Å². The molecule has 1 aliphatic carbocycles. The van der Waals surface area contributed by atoms with Crippen LogP contribution in [0.2, 0.25) is 0 Å². The molecule has 4 aromatic rings. The molecule has 234 valence electrons. The molecule has 0 bridgehead atoms. The van der Waals surface area contributed by atoms with Crippen molar-refractivity contribution in [3.8, 4) is 17.0 Å². The minimum Gasteiger partial charge on any atom is -0.490 e. The number of aromatic nitrogens is 3. The maximum absolute atomic E-state index is 13.8. The van der Waals surface area contributed by atoms with Crippen LogP contribution in [0.4, 0.5) is 36.2 Å². The van der Waals surface area contributed by atoms with Gasteiger partial charge in [-0.1, -0.05) is 6.07 Å². The second kappa shape index (κ2) is 12.7. The number of nitrogens with one attached hydrogen (secondary N) is 3. The summed E-state index contributed by atoms with van der Waals surface area (Å²) in [4.78, 5) is 28.7. The van der Waals surface area contributed by atoms with Crippen LogP contribution in [0.1, 0.15) is 47.2 Å². The lowest BCUT2D eigenvalue weighted by Crippen LogP contribution is -2.35. The number of amides is 1. The van der Waals surface area contributed by atoms with Crippen molar-refractivity contribution in [3.05, 3.63) is 83.8 Å². The summed E-state index contributed by atoms with van der Waals surface area (Å²) in [6, 6.07) is 14.4. The molecule has 0 spiro atoms. The van der Waals surface area contributed by atoms with Crippen molar-refractivity contribution in [1.29, 1.82) is 0 Å². The molecule has 1 amide bonds. The molecule has 0 atom stereocenters. The summed E-state index contributed by atoms with van der Waals surface area (Å²) in [5, 5.41) is 9.46. The lowest BCUT2D eigenvalue weighted by atomic mass is 10.1. The van der Waals surface area contributed by atoms with Crippen molar-refractivity contribution in [3.63, 3.8) is 0 Å². The van der Waals surface area contributed by atoms with Crippen LogP contribution in [0.5, 0.6) is 5.75 Å². The predicted octanol–water partition coefficient (Wildman–Crippen LogP) is 6.91. The van der Waals surface area contributed by atoms with Gasteiger partial charge in [-0.3, -0.25) is 4.79 Å². The molecule has 2 aromatic carbocycles. The maximum Gasteiger partial charge on any atom is 0.416 e. The number of halogens is 3. The SMILES string of the molecule is Cc1ccc(NC(=O)c2cc(OC3CCN(C)CC3)cc(C(F)(F)F)c2)cc1Nc1ncccc1-c1cc(NC2CC2)ncn1. The first kappa shape index (κ1) is 30.3. The van der Waals surface area contributed by atoms with Gasteiger partial charge in [0.15, 0.2) is 0 Å². The maximum atomic E-state index is 13.8. The number of benzene rings is 2. The minimum absolute atomic E-state index is 0.0266. The molecule has 2 fully saturated rings. The van der Waals surface area contributed by atoms with Gasteiger partial charge in [0.05, 0.1) is 11.3 Å². The molecule has 3 N–H and O–H groups in total. The molecule has 0 unspecified atom stereocenters. The van der Waals surface area contributed by atoms with Crippen LogP contribution >= 0.6 is 0 Å². The fourth-order valence-corrected chi connectivity index (χ4v) is 5.15. The molecule has 6 rings (SSSR count). The van der Waals surface area contributed by atoms with Gasteiger partial charge in [0.1, 0.15) is 29.8 Å². The van der Waals surface area contributed by atoms with Gasteiger partial charge in [0.25, 0.3) is 5.91 Å². The molecule has 3 heterocycles. The van der Waals surface area contributed by atoms with Gasteiger partial charge in [-0.25, -0.2) is 15.0 Å². The van der Waals surface area contributed by atoms with Gasteiger partial charge in [-0.2, -0.15) is 13.2 Å². The van der Waals surface area contributed by atoms with E-state index >= 15 is 0 Å². The third kappa shape index (κ3) is 7.69. The van der Waals surface area contributed by atoms with Crippen LogP contribution in [0.15, 0.2) is 67.1 Å². The van der Waals surface area contributed by atoms with Gasteiger partial charge in [-0.15, -0.1) is 0 Å². The lowest BCUT2D eigenvalue weighted by molar-refractivity contribution is -0.137. The Balaban J connectivity index is 1.22. The third-order valence-electron chi connectivity index (χ3n) is 7.89. The van der Waals surface area contributed by atoms with E-state index in [-0.39, 0.29) is 17.4 Å². The predicted molar refractivity (Wildman–Crippen MR) is 167 cm³/mol. The molecular formula is C33H34F3N7O2. The summed E-state index contributed by atoms with van der Waals surface area (Å²) >= 11 is 0. The summed E-state index contributed by atoms with van der Waals surface area (Å²) in [5.74, 6) is 0.638. The fourth-order valence-electron chi connectivity index (χ4n) is 5.15. The number of pyridine rings is 1. The van der Waals surface area contributed by atoms with Gasteiger partial charge < -0.3 is 25.6 Å². The number of likely N-dealkylation sites (tertiary alicyclic amines) is 1. The Kier molecular flexibility index (Phi) is 8.57. The first-order valence-corrected chi connectivity index (χ1v) is 14.9. The highest BCUT2D eigenvalue weighted by Gasteiger charge is 2.32. The van der Waals surface area contributed by atoms with Gasteiger partial charge in [0, 0.05) is 53.9 Å². The Labute approximate surface area is 259 Å². The highest BCUT2D eigenvalue weighted by molar-refractivity contribution is 6.05. The fraction of sp³-hybridized carbons (Fsp3) is 0.333. The Hall–Kier alpha value is -4.71. The normalized spacial score (nSPS) is 15.8. The third-order valence-corrected chi connectivity index (χ3v) is 7.89. The summed E-state index contributed by atoms with van der Waals surface area (Å²) in [7, 11) is 1.99. The molecule has 1 saturated heterocycles. The molecule has 0 radical (unpaired) electrons. The number of rotatable bonds is 9. The molecule has 9 nitrogen and oxygen atoms in total. The van der Waals surface area contributed by atoms with Crippen molar-refractivity contribution in [2.75, 3.05) is 36.1 Å². The average molecular weight is 618 g/mol. The number of piperidine rings is 1. The smallest absolute Gasteiger partial charge is 0.416 e. The second-order valence-corrected chi connectivity index (χ2v) is 11.6. The van der Waals surface area contributed by atoms with E-state index in [9.17, 15) is 18.0 Å². The Morgan fingerprint density at radius 3 is 2.53 bits per heavy atom.